The highest BCUT2D eigenvalue weighted by atomic mass is 35.5. The number of carbonyl (C=O) groups excluding carboxylic acids is 2. The summed E-state index contributed by atoms with van der Waals surface area (Å²) in [6, 6.07) is 12.3. The van der Waals surface area contributed by atoms with Crippen LogP contribution in [0.25, 0.3) is 10.9 Å². The van der Waals surface area contributed by atoms with Crippen LogP contribution in [0, 0.1) is 6.92 Å². The molecule has 0 saturated heterocycles. The van der Waals surface area contributed by atoms with Crippen LogP contribution in [0.2, 0.25) is 5.02 Å². The van der Waals surface area contributed by atoms with Crippen LogP contribution in [-0.2, 0) is 20.9 Å². The SMILES string of the molecule is CCOC(=O)CCC(=O)Nc1ccc2nc(C)n(Cc3ccccc3Cl)c(=O)c2c1. The number of nitrogens with one attached hydrogen (secondary N) is 1. The number of hydrogen-bond donors (Lipinski definition) is 1. The van der Waals surface area contributed by atoms with Gasteiger partial charge in [0.25, 0.3) is 5.56 Å². The zero-order valence-corrected chi connectivity index (χ0v) is 17.5. The minimum Gasteiger partial charge on any atom is -0.466 e. The first-order valence-electron chi connectivity index (χ1n) is 9.59. The molecule has 1 N–H and O–H groups in total. The Morgan fingerprint density at radius 3 is 2.67 bits per heavy atom. The average Bonchev–Trinajstić information content (AvgIpc) is 2.71. The molecule has 0 aliphatic carbocycles. The Morgan fingerprint density at radius 2 is 1.93 bits per heavy atom. The number of halogens is 1. The fraction of sp³-hybridized carbons (Fsp3) is 0.273. The molecule has 156 valence electrons. The van der Waals surface area contributed by atoms with Gasteiger partial charge >= 0.3 is 5.97 Å². The Kier molecular flexibility index (Phi) is 6.84. The van der Waals surface area contributed by atoms with Crippen LogP contribution >= 0.6 is 11.6 Å². The molecule has 1 amide bonds. The van der Waals surface area contributed by atoms with Crippen molar-refractivity contribution in [1.29, 1.82) is 0 Å². The van der Waals surface area contributed by atoms with E-state index in [1.807, 2.05) is 18.2 Å². The van der Waals surface area contributed by atoms with Crippen molar-refractivity contribution in [1.82, 2.24) is 9.55 Å². The monoisotopic (exact) mass is 427 g/mol. The third kappa shape index (κ3) is 5.04. The third-order valence-electron chi connectivity index (χ3n) is 4.58. The topological polar surface area (TPSA) is 90.3 Å². The van der Waals surface area contributed by atoms with Gasteiger partial charge in [0, 0.05) is 17.1 Å². The van der Waals surface area contributed by atoms with Gasteiger partial charge in [0.15, 0.2) is 0 Å². The molecule has 3 aromatic rings. The summed E-state index contributed by atoms with van der Waals surface area (Å²) >= 11 is 6.24. The molecule has 3 rings (SSSR count). The number of nitrogens with zero attached hydrogens (tertiary/aromatic N) is 2. The first kappa shape index (κ1) is 21.5. The van der Waals surface area contributed by atoms with Crippen LogP contribution in [0.4, 0.5) is 5.69 Å². The van der Waals surface area contributed by atoms with Gasteiger partial charge in [-0.25, -0.2) is 4.98 Å². The van der Waals surface area contributed by atoms with E-state index >= 15 is 0 Å². The van der Waals surface area contributed by atoms with Crippen molar-refractivity contribution in [3.8, 4) is 0 Å². The molecule has 0 atom stereocenters. The first-order valence-corrected chi connectivity index (χ1v) is 9.97. The highest BCUT2D eigenvalue weighted by molar-refractivity contribution is 6.31. The lowest BCUT2D eigenvalue weighted by Gasteiger charge is -2.13. The second-order valence-electron chi connectivity index (χ2n) is 6.73. The number of carbonyl (C=O) groups is 2. The normalized spacial score (nSPS) is 10.8. The van der Waals surface area contributed by atoms with Crippen LogP contribution in [0.15, 0.2) is 47.3 Å². The number of esters is 1. The molecule has 0 aliphatic rings. The van der Waals surface area contributed by atoms with E-state index in [0.29, 0.717) is 34.0 Å². The van der Waals surface area contributed by atoms with Gasteiger partial charge in [0.2, 0.25) is 5.91 Å². The number of amides is 1. The number of aryl methyl sites for hydroxylation is 1. The van der Waals surface area contributed by atoms with Crippen LogP contribution in [0.3, 0.4) is 0 Å². The number of aromatic nitrogens is 2. The number of rotatable bonds is 7. The molecular weight excluding hydrogens is 406 g/mol. The maximum atomic E-state index is 13.1. The maximum absolute atomic E-state index is 13.1. The van der Waals surface area contributed by atoms with Crippen molar-refractivity contribution in [2.45, 2.75) is 33.2 Å². The molecule has 0 radical (unpaired) electrons. The van der Waals surface area contributed by atoms with Gasteiger partial charge in [0.05, 0.1) is 30.5 Å². The largest absolute Gasteiger partial charge is 0.466 e. The number of hydrogen-bond acceptors (Lipinski definition) is 5. The molecule has 2 aromatic carbocycles. The standard InChI is InChI=1S/C22H22ClN3O4/c1-3-30-21(28)11-10-20(27)25-16-8-9-19-17(12-16)22(29)26(14(2)24-19)13-15-6-4-5-7-18(15)23/h4-9,12H,3,10-11,13H2,1-2H3,(H,25,27). The summed E-state index contributed by atoms with van der Waals surface area (Å²) < 4.78 is 6.37. The Bertz CT molecular complexity index is 1160. The number of fused-ring (bicyclic) bond motifs is 1. The van der Waals surface area contributed by atoms with E-state index < -0.39 is 5.97 Å². The van der Waals surface area contributed by atoms with Gasteiger partial charge in [-0.1, -0.05) is 29.8 Å². The number of anilines is 1. The molecule has 0 fully saturated rings. The minimum absolute atomic E-state index is 0.000241. The predicted molar refractivity (Wildman–Crippen MR) is 116 cm³/mol. The quantitative estimate of drug-likeness (QED) is 0.581. The van der Waals surface area contributed by atoms with E-state index in [1.54, 1.807) is 42.7 Å². The van der Waals surface area contributed by atoms with E-state index in [1.165, 1.54) is 0 Å². The fourth-order valence-electron chi connectivity index (χ4n) is 3.07. The van der Waals surface area contributed by atoms with E-state index in [4.69, 9.17) is 16.3 Å². The third-order valence-corrected chi connectivity index (χ3v) is 4.95. The van der Waals surface area contributed by atoms with Crippen molar-refractivity contribution in [2.24, 2.45) is 0 Å². The Hall–Kier alpha value is -3.19. The minimum atomic E-state index is -0.423. The summed E-state index contributed by atoms with van der Waals surface area (Å²) in [6.07, 6.45) is -0.00159. The van der Waals surface area contributed by atoms with Gasteiger partial charge < -0.3 is 10.1 Å². The van der Waals surface area contributed by atoms with E-state index in [2.05, 4.69) is 10.3 Å². The average molecular weight is 428 g/mol. The number of benzene rings is 2. The molecule has 8 heteroatoms. The summed E-state index contributed by atoms with van der Waals surface area (Å²) in [7, 11) is 0. The Morgan fingerprint density at radius 1 is 1.17 bits per heavy atom. The van der Waals surface area contributed by atoms with Gasteiger partial charge in [-0.05, 0) is 43.7 Å². The molecule has 1 heterocycles. The number of ether oxygens (including phenoxy) is 1. The zero-order chi connectivity index (χ0) is 21.7. The lowest BCUT2D eigenvalue weighted by molar-refractivity contribution is -0.144. The molecule has 1 aromatic heterocycles. The van der Waals surface area contributed by atoms with Crippen molar-refractivity contribution < 1.29 is 14.3 Å². The molecule has 7 nitrogen and oxygen atoms in total. The van der Waals surface area contributed by atoms with Gasteiger partial charge in [-0.15, -0.1) is 0 Å². The molecule has 0 unspecified atom stereocenters. The molecule has 0 spiro atoms. The van der Waals surface area contributed by atoms with Crippen molar-refractivity contribution in [3.63, 3.8) is 0 Å². The van der Waals surface area contributed by atoms with Crippen molar-refractivity contribution in [2.75, 3.05) is 11.9 Å². The van der Waals surface area contributed by atoms with Crippen molar-refractivity contribution >= 4 is 40.1 Å². The fourth-order valence-corrected chi connectivity index (χ4v) is 3.26. The zero-order valence-electron chi connectivity index (χ0n) is 16.8. The Labute approximate surface area is 178 Å². The van der Waals surface area contributed by atoms with Crippen LogP contribution < -0.4 is 10.9 Å². The van der Waals surface area contributed by atoms with Crippen LogP contribution in [0.5, 0.6) is 0 Å². The smallest absolute Gasteiger partial charge is 0.306 e. The summed E-state index contributed by atoms with van der Waals surface area (Å²) in [5.41, 5.74) is 1.59. The molecule has 30 heavy (non-hydrogen) atoms. The molecular formula is C22H22ClN3O4. The highest BCUT2D eigenvalue weighted by Gasteiger charge is 2.12. The maximum Gasteiger partial charge on any atom is 0.306 e. The van der Waals surface area contributed by atoms with Gasteiger partial charge in [0.1, 0.15) is 5.82 Å². The second kappa shape index (κ2) is 9.54. The summed E-state index contributed by atoms with van der Waals surface area (Å²) in [5.74, 6) is -0.189. The van der Waals surface area contributed by atoms with Gasteiger partial charge in [-0.3, -0.25) is 19.0 Å². The second-order valence-corrected chi connectivity index (χ2v) is 7.13. The molecule has 0 bridgehead atoms. The highest BCUT2D eigenvalue weighted by Crippen LogP contribution is 2.19. The first-order chi connectivity index (χ1) is 14.4. The predicted octanol–water partition coefficient (Wildman–Crippen LogP) is 3.69. The summed E-state index contributed by atoms with van der Waals surface area (Å²) in [4.78, 5) is 41.1. The summed E-state index contributed by atoms with van der Waals surface area (Å²) in [5, 5.41) is 3.67. The van der Waals surface area contributed by atoms with Crippen LogP contribution in [0.1, 0.15) is 31.2 Å². The summed E-state index contributed by atoms with van der Waals surface area (Å²) in [6.45, 7) is 4.05. The molecule has 0 saturated carbocycles. The van der Waals surface area contributed by atoms with Crippen LogP contribution in [-0.4, -0.2) is 28.0 Å². The van der Waals surface area contributed by atoms with Gasteiger partial charge in [-0.2, -0.15) is 0 Å². The van der Waals surface area contributed by atoms with E-state index in [9.17, 15) is 14.4 Å². The Balaban J connectivity index is 1.85. The lowest BCUT2D eigenvalue weighted by atomic mass is 10.2. The van der Waals surface area contributed by atoms with Crippen molar-refractivity contribution in [3.05, 3.63) is 69.2 Å². The lowest BCUT2D eigenvalue weighted by Crippen LogP contribution is -2.25. The molecule has 0 aliphatic heterocycles. The van der Waals surface area contributed by atoms with E-state index in [-0.39, 0.29) is 30.9 Å². The van der Waals surface area contributed by atoms with E-state index in [0.717, 1.165) is 5.56 Å².